The Morgan fingerprint density at radius 1 is 1.18 bits per heavy atom. The maximum absolute atomic E-state index is 14.0. The van der Waals surface area contributed by atoms with Crippen molar-refractivity contribution < 1.29 is 18.1 Å². The normalized spacial score (nSPS) is 17.0. The summed E-state index contributed by atoms with van der Waals surface area (Å²) in [4.78, 5) is 18.6. The Morgan fingerprint density at radius 3 is 2.71 bits per heavy atom. The molecule has 0 aliphatic carbocycles. The highest BCUT2D eigenvalue weighted by molar-refractivity contribution is 6.30. The van der Waals surface area contributed by atoms with E-state index in [9.17, 15) is 13.6 Å². The molecule has 1 aromatic heterocycles. The molecular weight excluding hydrogens is 388 g/mol. The van der Waals surface area contributed by atoms with Crippen LogP contribution in [0.25, 0.3) is 11.4 Å². The molecule has 0 saturated carbocycles. The average molecular weight is 404 g/mol. The van der Waals surface area contributed by atoms with E-state index in [0.29, 0.717) is 35.9 Å². The predicted molar refractivity (Wildman–Crippen MR) is 99.0 cm³/mol. The first-order valence-electron chi connectivity index (χ1n) is 8.85. The van der Waals surface area contributed by atoms with Gasteiger partial charge in [-0.05, 0) is 49.2 Å². The fourth-order valence-electron chi connectivity index (χ4n) is 3.31. The fraction of sp³-hybridized carbons (Fsp3) is 0.250. The van der Waals surface area contributed by atoms with Crippen molar-refractivity contribution in [3.05, 3.63) is 70.6 Å². The zero-order valence-electron chi connectivity index (χ0n) is 14.7. The highest BCUT2D eigenvalue weighted by Crippen LogP contribution is 2.29. The molecule has 1 atom stereocenters. The number of nitrogens with zero attached hydrogens (tertiary/aromatic N) is 3. The van der Waals surface area contributed by atoms with Crippen LogP contribution in [0.15, 0.2) is 47.0 Å². The molecule has 2 aromatic carbocycles. The van der Waals surface area contributed by atoms with Gasteiger partial charge in [0.1, 0.15) is 11.6 Å². The van der Waals surface area contributed by atoms with Crippen molar-refractivity contribution in [2.75, 3.05) is 13.1 Å². The monoisotopic (exact) mass is 403 g/mol. The van der Waals surface area contributed by atoms with Crippen molar-refractivity contribution in [2.24, 2.45) is 0 Å². The van der Waals surface area contributed by atoms with Crippen LogP contribution in [0.4, 0.5) is 8.78 Å². The molecule has 8 heteroatoms. The van der Waals surface area contributed by atoms with Gasteiger partial charge in [-0.2, -0.15) is 4.98 Å². The summed E-state index contributed by atoms with van der Waals surface area (Å²) in [5, 5.41) is 4.62. The second-order valence-electron chi connectivity index (χ2n) is 6.68. The summed E-state index contributed by atoms with van der Waals surface area (Å²) < 4.78 is 32.5. The fourth-order valence-corrected chi connectivity index (χ4v) is 3.44. The SMILES string of the molecule is O=C(c1ccc(F)cc1F)N1CCC[C@@H](c2nc(-c3ccc(Cl)cc3)no2)C1. The van der Waals surface area contributed by atoms with E-state index in [2.05, 4.69) is 10.1 Å². The van der Waals surface area contributed by atoms with Crippen molar-refractivity contribution in [1.29, 1.82) is 0 Å². The summed E-state index contributed by atoms with van der Waals surface area (Å²) >= 11 is 5.89. The van der Waals surface area contributed by atoms with Crippen LogP contribution in [0, 0.1) is 11.6 Å². The summed E-state index contributed by atoms with van der Waals surface area (Å²) in [5.74, 6) is -1.32. The third kappa shape index (κ3) is 3.75. The van der Waals surface area contributed by atoms with E-state index in [0.717, 1.165) is 24.5 Å². The number of piperidine rings is 1. The quantitative estimate of drug-likeness (QED) is 0.636. The Balaban J connectivity index is 1.51. The molecule has 1 aliphatic rings. The zero-order chi connectivity index (χ0) is 19.7. The molecule has 0 bridgehead atoms. The van der Waals surface area contributed by atoms with Gasteiger partial charge < -0.3 is 9.42 Å². The summed E-state index contributed by atoms with van der Waals surface area (Å²) in [7, 11) is 0. The van der Waals surface area contributed by atoms with Gasteiger partial charge in [-0.25, -0.2) is 8.78 Å². The minimum atomic E-state index is -0.866. The van der Waals surface area contributed by atoms with Crippen LogP contribution >= 0.6 is 11.6 Å². The van der Waals surface area contributed by atoms with Crippen molar-refractivity contribution in [3.8, 4) is 11.4 Å². The standard InChI is InChI=1S/C20H16ClF2N3O2/c21-14-5-3-12(4-6-14)18-24-19(28-25-18)13-2-1-9-26(11-13)20(27)16-8-7-15(22)10-17(16)23/h3-8,10,13H,1-2,9,11H2/t13-/m1/s1. The third-order valence-corrected chi connectivity index (χ3v) is 5.02. The first kappa shape index (κ1) is 18.6. The number of amides is 1. The van der Waals surface area contributed by atoms with Crippen molar-refractivity contribution >= 4 is 17.5 Å². The summed E-state index contributed by atoms with van der Waals surface area (Å²) in [5.41, 5.74) is 0.631. The molecule has 0 unspecified atom stereocenters. The Bertz CT molecular complexity index is 1010. The number of likely N-dealkylation sites (tertiary alicyclic amines) is 1. The van der Waals surface area contributed by atoms with Crippen molar-refractivity contribution in [3.63, 3.8) is 0 Å². The Kier molecular flexibility index (Phi) is 5.09. The summed E-state index contributed by atoms with van der Waals surface area (Å²) in [6.07, 6.45) is 1.50. The molecule has 3 aromatic rings. The largest absolute Gasteiger partial charge is 0.339 e. The lowest BCUT2D eigenvalue weighted by Gasteiger charge is -2.31. The summed E-state index contributed by atoms with van der Waals surface area (Å²) in [6, 6.07) is 10.0. The summed E-state index contributed by atoms with van der Waals surface area (Å²) in [6.45, 7) is 0.822. The number of hydrogen-bond donors (Lipinski definition) is 0. The number of carbonyl (C=O) groups excluding carboxylic acids is 1. The lowest BCUT2D eigenvalue weighted by atomic mass is 9.97. The number of halogens is 3. The van der Waals surface area contributed by atoms with Gasteiger partial charge in [0.05, 0.1) is 11.5 Å². The molecule has 1 amide bonds. The van der Waals surface area contributed by atoms with Crippen molar-refractivity contribution in [2.45, 2.75) is 18.8 Å². The highest BCUT2D eigenvalue weighted by atomic mass is 35.5. The molecule has 0 N–H and O–H groups in total. The van der Waals surface area contributed by atoms with Crippen molar-refractivity contribution in [1.82, 2.24) is 15.0 Å². The predicted octanol–water partition coefficient (Wildman–Crippen LogP) is 4.69. The van der Waals surface area contributed by atoms with E-state index >= 15 is 0 Å². The minimum absolute atomic E-state index is 0.144. The smallest absolute Gasteiger partial charge is 0.256 e. The topological polar surface area (TPSA) is 59.2 Å². The lowest BCUT2D eigenvalue weighted by molar-refractivity contribution is 0.0691. The molecular formula is C20H16ClF2N3O2. The van der Waals surface area contributed by atoms with E-state index in [1.807, 2.05) is 0 Å². The maximum atomic E-state index is 14.0. The Labute approximate surface area is 164 Å². The second-order valence-corrected chi connectivity index (χ2v) is 7.11. The first-order chi connectivity index (χ1) is 13.5. The van der Waals surface area contributed by atoms with Crippen LogP contribution in [0.2, 0.25) is 5.02 Å². The van der Waals surface area contributed by atoms with Crippen LogP contribution in [-0.4, -0.2) is 34.0 Å². The molecule has 2 heterocycles. The minimum Gasteiger partial charge on any atom is -0.339 e. The molecule has 5 nitrogen and oxygen atoms in total. The van der Waals surface area contributed by atoms with Crippen LogP contribution in [0.5, 0.6) is 0 Å². The number of aromatic nitrogens is 2. The Hall–Kier alpha value is -2.80. The van der Waals surface area contributed by atoms with Gasteiger partial charge in [-0.15, -0.1) is 0 Å². The molecule has 1 saturated heterocycles. The lowest BCUT2D eigenvalue weighted by Crippen LogP contribution is -2.39. The van der Waals surface area contributed by atoms with Gasteiger partial charge >= 0.3 is 0 Å². The van der Waals surface area contributed by atoms with E-state index in [1.165, 1.54) is 11.0 Å². The van der Waals surface area contributed by atoms with E-state index in [1.54, 1.807) is 24.3 Å². The molecule has 1 aliphatic heterocycles. The molecule has 4 rings (SSSR count). The number of hydrogen-bond acceptors (Lipinski definition) is 4. The number of rotatable bonds is 3. The molecule has 0 radical (unpaired) electrons. The van der Waals surface area contributed by atoms with Gasteiger partial charge in [-0.3, -0.25) is 4.79 Å². The van der Waals surface area contributed by atoms with Gasteiger partial charge in [-0.1, -0.05) is 16.8 Å². The second kappa shape index (κ2) is 7.67. The average Bonchev–Trinajstić information content (AvgIpc) is 3.18. The molecule has 0 spiro atoms. The Morgan fingerprint density at radius 2 is 1.96 bits per heavy atom. The van der Waals surface area contributed by atoms with E-state index < -0.39 is 17.5 Å². The van der Waals surface area contributed by atoms with Gasteiger partial charge in [0.2, 0.25) is 11.7 Å². The van der Waals surface area contributed by atoms with E-state index in [-0.39, 0.29) is 11.5 Å². The first-order valence-corrected chi connectivity index (χ1v) is 9.23. The molecule has 28 heavy (non-hydrogen) atoms. The maximum Gasteiger partial charge on any atom is 0.256 e. The molecule has 144 valence electrons. The van der Waals surface area contributed by atoms with Crippen LogP contribution in [0.3, 0.4) is 0 Å². The van der Waals surface area contributed by atoms with E-state index in [4.69, 9.17) is 16.1 Å². The van der Waals surface area contributed by atoms with Gasteiger partial charge in [0, 0.05) is 29.7 Å². The zero-order valence-corrected chi connectivity index (χ0v) is 15.5. The molecule has 1 fully saturated rings. The van der Waals surface area contributed by atoms with Gasteiger partial charge in [0.15, 0.2) is 0 Å². The van der Waals surface area contributed by atoms with Gasteiger partial charge in [0.25, 0.3) is 5.91 Å². The number of carbonyl (C=O) groups is 1. The van der Waals surface area contributed by atoms with Crippen LogP contribution < -0.4 is 0 Å². The van der Waals surface area contributed by atoms with Crippen LogP contribution in [-0.2, 0) is 0 Å². The highest BCUT2D eigenvalue weighted by Gasteiger charge is 2.30. The third-order valence-electron chi connectivity index (χ3n) is 4.76. The number of benzene rings is 2. The van der Waals surface area contributed by atoms with Crippen LogP contribution in [0.1, 0.15) is 35.0 Å².